The lowest BCUT2D eigenvalue weighted by molar-refractivity contribution is 0.0479. The molecule has 2 aliphatic rings. The molecule has 1 fully saturated rings. The molecular formula is C19H28N2O4. The number of para-hydroxylation sites is 1. The van der Waals surface area contributed by atoms with E-state index in [1.165, 1.54) is 0 Å². The molecule has 2 atom stereocenters. The molecule has 0 radical (unpaired) electrons. The molecule has 1 aromatic carbocycles. The molecule has 0 bridgehead atoms. The van der Waals surface area contributed by atoms with Gasteiger partial charge in [0.2, 0.25) is 6.79 Å². The Balaban J connectivity index is 1.58. The fourth-order valence-electron chi connectivity index (χ4n) is 3.38. The predicted molar refractivity (Wildman–Crippen MR) is 94.8 cm³/mol. The molecule has 1 amide bonds. The van der Waals surface area contributed by atoms with E-state index in [9.17, 15) is 4.79 Å². The number of carbonyl (C=O) groups excluding carboxylic acids is 1. The first-order valence-electron chi connectivity index (χ1n) is 9.03. The van der Waals surface area contributed by atoms with Crippen LogP contribution in [0.15, 0.2) is 18.2 Å². The van der Waals surface area contributed by atoms with Crippen molar-refractivity contribution in [1.82, 2.24) is 10.6 Å². The molecule has 0 unspecified atom stereocenters. The highest BCUT2D eigenvalue weighted by Crippen LogP contribution is 2.35. The Morgan fingerprint density at radius 3 is 2.72 bits per heavy atom. The van der Waals surface area contributed by atoms with Gasteiger partial charge in [-0.1, -0.05) is 25.0 Å². The minimum absolute atomic E-state index is 0.0810. The van der Waals surface area contributed by atoms with Crippen LogP contribution in [0.1, 0.15) is 52.0 Å². The van der Waals surface area contributed by atoms with Crippen molar-refractivity contribution >= 4 is 6.09 Å². The summed E-state index contributed by atoms with van der Waals surface area (Å²) in [5.41, 5.74) is 0.598. The molecule has 25 heavy (non-hydrogen) atoms. The fourth-order valence-corrected chi connectivity index (χ4v) is 3.38. The van der Waals surface area contributed by atoms with Gasteiger partial charge in [-0.25, -0.2) is 4.79 Å². The van der Waals surface area contributed by atoms with Crippen LogP contribution in [0.5, 0.6) is 11.5 Å². The molecule has 1 saturated carbocycles. The highest BCUT2D eigenvalue weighted by Gasteiger charge is 2.28. The van der Waals surface area contributed by atoms with Crippen LogP contribution >= 0.6 is 0 Å². The maximum Gasteiger partial charge on any atom is 0.407 e. The number of nitrogens with one attached hydrogen (secondary N) is 2. The van der Waals surface area contributed by atoms with Crippen LogP contribution in [0.2, 0.25) is 0 Å². The molecule has 0 spiro atoms. The molecule has 0 saturated heterocycles. The van der Waals surface area contributed by atoms with Crippen molar-refractivity contribution in [3.63, 3.8) is 0 Å². The van der Waals surface area contributed by atoms with Crippen molar-refractivity contribution in [2.24, 2.45) is 0 Å². The van der Waals surface area contributed by atoms with Gasteiger partial charge >= 0.3 is 6.09 Å². The SMILES string of the molecule is CC(C)(C)OC(=O)N[C@@H]1CCCC[C@H]1NCc1cccc2c1OCO2. The number of rotatable bonds is 4. The fraction of sp³-hybridized carbons (Fsp3) is 0.632. The third-order valence-corrected chi connectivity index (χ3v) is 4.50. The first kappa shape index (κ1) is 17.9. The lowest BCUT2D eigenvalue weighted by atomic mass is 9.90. The van der Waals surface area contributed by atoms with Crippen LogP contribution in [-0.4, -0.2) is 30.6 Å². The number of ether oxygens (including phenoxy) is 3. The summed E-state index contributed by atoms with van der Waals surface area (Å²) < 4.78 is 16.4. The van der Waals surface area contributed by atoms with Crippen molar-refractivity contribution in [2.75, 3.05) is 6.79 Å². The van der Waals surface area contributed by atoms with Crippen LogP contribution in [-0.2, 0) is 11.3 Å². The van der Waals surface area contributed by atoms with E-state index < -0.39 is 5.60 Å². The van der Waals surface area contributed by atoms with Crippen LogP contribution in [0.4, 0.5) is 4.79 Å². The molecule has 1 aliphatic carbocycles. The summed E-state index contributed by atoms with van der Waals surface area (Å²) in [7, 11) is 0. The average molecular weight is 348 g/mol. The number of fused-ring (bicyclic) bond motifs is 1. The standard InChI is InChI=1S/C19H28N2O4/c1-19(2,3)25-18(22)21-15-9-5-4-8-14(15)20-11-13-7-6-10-16-17(13)24-12-23-16/h6-7,10,14-15,20H,4-5,8-9,11-12H2,1-3H3,(H,21,22)/t14-,15-/m1/s1. The maximum absolute atomic E-state index is 12.1. The third-order valence-electron chi connectivity index (χ3n) is 4.50. The summed E-state index contributed by atoms with van der Waals surface area (Å²) >= 11 is 0. The summed E-state index contributed by atoms with van der Waals surface area (Å²) in [6.07, 6.45) is 3.94. The summed E-state index contributed by atoms with van der Waals surface area (Å²) in [6.45, 7) is 6.59. The van der Waals surface area contributed by atoms with Crippen molar-refractivity contribution in [3.05, 3.63) is 23.8 Å². The Kier molecular flexibility index (Phi) is 5.37. The maximum atomic E-state index is 12.1. The normalized spacial score (nSPS) is 22.5. The van der Waals surface area contributed by atoms with Gasteiger partial charge in [-0.2, -0.15) is 0 Å². The number of hydrogen-bond acceptors (Lipinski definition) is 5. The minimum atomic E-state index is -0.483. The average Bonchev–Trinajstić information content (AvgIpc) is 3.01. The molecule has 3 rings (SSSR count). The topological polar surface area (TPSA) is 68.8 Å². The van der Waals surface area contributed by atoms with Gasteiger partial charge in [-0.15, -0.1) is 0 Å². The van der Waals surface area contributed by atoms with E-state index in [4.69, 9.17) is 14.2 Å². The zero-order valence-corrected chi connectivity index (χ0v) is 15.3. The summed E-state index contributed by atoms with van der Waals surface area (Å²) in [5.74, 6) is 1.62. The molecule has 1 aliphatic heterocycles. The van der Waals surface area contributed by atoms with Gasteiger partial charge in [0, 0.05) is 24.2 Å². The monoisotopic (exact) mass is 348 g/mol. The Bertz CT molecular complexity index is 612. The number of benzene rings is 1. The van der Waals surface area contributed by atoms with Crippen molar-refractivity contribution in [2.45, 2.75) is 70.7 Å². The number of carbonyl (C=O) groups is 1. The highest BCUT2D eigenvalue weighted by atomic mass is 16.7. The molecule has 6 nitrogen and oxygen atoms in total. The summed E-state index contributed by atoms with van der Waals surface area (Å²) in [6, 6.07) is 6.23. The number of amides is 1. The van der Waals surface area contributed by atoms with Crippen LogP contribution in [0, 0.1) is 0 Å². The smallest absolute Gasteiger partial charge is 0.407 e. The van der Waals surface area contributed by atoms with E-state index >= 15 is 0 Å². The van der Waals surface area contributed by atoms with E-state index in [1.807, 2.05) is 39.0 Å². The Morgan fingerprint density at radius 1 is 1.20 bits per heavy atom. The molecule has 1 heterocycles. The second kappa shape index (κ2) is 7.52. The van der Waals surface area contributed by atoms with E-state index in [0.717, 1.165) is 42.7 Å². The van der Waals surface area contributed by atoms with Gasteiger partial charge in [0.1, 0.15) is 5.60 Å². The van der Waals surface area contributed by atoms with Gasteiger partial charge in [0.25, 0.3) is 0 Å². The lowest BCUT2D eigenvalue weighted by Crippen LogP contribution is -2.52. The van der Waals surface area contributed by atoms with Gasteiger partial charge in [0.05, 0.1) is 0 Å². The Labute approximate surface area is 149 Å². The van der Waals surface area contributed by atoms with E-state index in [2.05, 4.69) is 10.6 Å². The van der Waals surface area contributed by atoms with E-state index in [1.54, 1.807) is 0 Å². The molecule has 138 valence electrons. The van der Waals surface area contributed by atoms with Crippen LogP contribution < -0.4 is 20.1 Å². The zero-order valence-electron chi connectivity index (χ0n) is 15.3. The predicted octanol–water partition coefficient (Wildman–Crippen LogP) is 3.34. The van der Waals surface area contributed by atoms with Gasteiger partial charge in [0.15, 0.2) is 11.5 Å². The summed E-state index contributed by atoms with van der Waals surface area (Å²) in [4.78, 5) is 12.1. The van der Waals surface area contributed by atoms with Crippen molar-refractivity contribution in [3.8, 4) is 11.5 Å². The first-order chi connectivity index (χ1) is 11.9. The first-order valence-corrected chi connectivity index (χ1v) is 9.03. The number of hydrogen-bond donors (Lipinski definition) is 2. The van der Waals surface area contributed by atoms with Crippen molar-refractivity contribution in [1.29, 1.82) is 0 Å². The van der Waals surface area contributed by atoms with E-state index in [-0.39, 0.29) is 25.0 Å². The third kappa shape index (κ3) is 4.78. The van der Waals surface area contributed by atoms with E-state index in [0.29, 0.717) is 6.54 Å². The highest BCUT2D eigenvalue weighted by molar-refractivity contribution is 5.68. The van der Waals surface area contributed by atoms with Crippen molar-refractivity contribution < 1.29 is 19.0 Å². The van der Waals surface area contributed by atoms with Gasteiger partial charge in [-0.05, 0) is 39.7 Å². The molecular weight excluding hydrogens is 320 g/mol. The Morgan fingerprint density at radius 2 is 1.96 bits per heavy atom. The number of alkyl carbamates (subject to hydrolysis) is 1. The Hall–Kier alpha value is -1.95. The van der Waals surface area contributed by atoms with Crippen LogP contribution in [0.25, 0.3) is 0 Å². The zero-order chi connectivity index (χ0) is 17.9. The second-order valence-electron chi connectivity index (χ2n) is 7.68. The largest absolute Gasteiger partial charge is 0.454 e. The lowest BCUT2D eigenvalue weighted by Gasteiger charge is -2.33. The minimum Gasteiger partial charge on any atom is -0.454 e. The van der Waals surface area contributed by atoms with Gasteiger partial charge in [-0.3, -0.25) is 0 Å². The van der Waals surface area contributed by atoms with Gasteiger partial charge < -0.3 is 24.8 Å². The molecule has 2 N–H and O–H groups in total. The quantitative estimate of drug-likeness (QED) is 0.873. The molecule has 1 aromatic rings. The summed E-state index contributed by atoms with van der Waals surface area (Å²) in [5, 5.41) is 6.61. The molecule has 0 aromatic heterocycles. The van der Waals surface area contributed by atoms with Crippen LogP contribution in [0.3, 0.4) is 0 Å². The second-order valence-corrected chi connectivity index (χ2v) is 7.68. The molecule has 6 heteroatoms.